The number of hydrogen-bond acceptors (Lipinski definition) is 6. The van der Waals surface area contributed by atoms with Crippen molar-refractivity contribution < 1.29 is 18.3 Å². The van der Waals surface area contributed by atoms with Crippen LogP contribution < -0.4 is 4.90 Å². The Hall–Kier alpha value is -4.86. The number of aromatic amines is 1. The molecule has 0 radical (unpaired) electrons. The fraction of sp³-hybridized carbons (Fsp3) is 0.333. The number of benzene rings is 4. The molecule has 1 aromatic heterocycles. The number of nitrogens with one attached hydrogen (secondary N) is 1. The Morgan fingerprint density at radius 1 is 1.02 bits per heavy atom. The summed E-state index contributed by atoms with van der Waals surface area (Å²) in [6, 6.07) is 26.5. The summed E-state index contributed by atoms with van der Waals surface area (Å²) in [4.78, 5) is 17.5. The van der Waals surface area contributed by atoms with Crippen LogP contribution in [0.1, 0.15) is 57.2 Å². The van der Waals surface area contributed by atoms with Crippen molar-refractivity contribution in [3.05, 3.63) is 108 Å². The van der Waals surface area contributed by atoms with Crippen LogP contribution in [0.15, 0.2) is 84.9 Å². The molecule has 0 spiro atoms. The van der Waals surface area contributed by atoms with E-state index >= 15 is 8.78 Å². The predicted octanol–water partition coefficient (Wildman–Crippen LogP) is 7.91. The summed E-state index contributed by atoms with van der Waals surface area (Å²) in [6.07, 6.45) is 0.214. The van der Waals surface area contributed by atoms with Gasteiger partial charge in [-0.2, -0.15) is 0 Å². The minimum Gasteiger partial charge on any atom is -0.444 e. The summed E-state index contributed by atoms with van der Waals surface area (Å²) in [5.74, 6) is -1.33. The summed E-state index contributed by atoms with van der Waals surface area (Å²) >= 11 is 0. The summed E-state index contributed by atoms with van der Waals surface area (Å²) in [5.41, 5.74) is 1.54. The Morgan fingerprint density at radius 2 is 1.72 bits per heavy atom. The number of nitrogens with zero attached hydrogens (tertiary/aromatic N) is 5. The van der Waals surface area contributed by atoms with Crippen LogP contribution in [0.5, 0.6) is 0 Å². The van der Waals surface area contributed by atoms with E-state index in [1.54, 1.807) is 9.80 Å². The number of carbonyl (C=O) groups is 1. The van der Waals surface area contributed by atoms with Gasteiger partial charge in [0.1, 0.15) is 22.9 Å². The van der Waals surface area contributed by atoms with Crippen LogP contribution in [0.4, 0.5) is 19.3 Å². The van der Waals surface area contributed by atoms with Gasteiger partial charge in [0.15, 0.2) is 5.82 Å². The molecular weight excluding hydrogens is 586 g/mol. The second-order valence-corrected chi connectivity index (χ2v) is 12.9. The molecule has 10 heteroatoms. The monoisotopic (exact) mass is 624 g/mol. The molecule has 4 aromatic carbocycles. The summed E-state index contributed by atoms with van der Waals surface area (Å²) < 4.78 is 37.3. The van der Waals surface area contributed by atoms with E-state index in [-0.39, 0.29) is 35.0 Å². The van der Waals surface area contributed by atoms with Gasteiger partial charge >= 0.3 is 6.09 Å². The summed E-state index contributed by atoms with van der Waals surface area (Å²) in [5, 5.41) is 15.5. The molecule has 46 heavy (non-hydrogen) atoms. The van der Waals surface area contributed by atoms with Gasteiger partial charge in [-0.1, -0.05) is 72.8 Å². The lowest BCUT2D eigenvalue weighted by atomic mass is 9.79. The maximum Gasteiger partial charge on any atom is 0.410 e. The minimum absolute atomic E-state index is 0.0489. The highest BCUT2D eigenvalue weighted by atomic mass is 19.1. The molecule has 0 saturated carbocycles. The zero-order chi connectivity index (χ0) is 32.4. The first kappa shape index (κ1) is 31.1. The predicted molar refractivity (Wildman–Crippen MR) is 174 cm³/mol. The second-order valence-electron chi connectivity index (χ2n) is 12.9. The Morgan fingerprint density at radius 3 is 2.41 bits per heavy atom. The molecule has 1 amide bonds. The first-order valence-corrected chi connectivity index (χ1v) is 15.6. The van der Waals surface area contributed by atoms with Gasteiger partial charge in [-0.15, -0.1) is 5.10 Å². The van der Waals surface area contributed by atoms with Crippen LogP contribution in [0.25, 0.3) is 22.2 Å². The highest BCUT2D eigenvalue weighted by Crippen LogP contribution is 2.40. The van der Waals surface area contributed by atoms with Gasteiger partial charge in [0.25, 0.3) is 0 Å². The Labute approximate surface area is 267 Å². The van der Waals surface area contributed by atoms with E-state index in [9.17, 15) is 4.79 Å². The topological polar surface area (TPSA) is 87.2 Å². The van der Waals surface area contributed by atoms with Gasteiger partial charge in [-0.3, -0.25) is 0 Å². The van der Waals surface area contributed by atoms with E-state index in [4.69, 9.17) is 4.74 Å². The molecule has 6 rings (SSSR count). The van der Waals surface area contributed by atoms with Crippen molar-refractivity contribution in [3.63, 3.8) is 0 Å². The molecule has 3 atom stereocenters. The van der Waals surface area contributed by atoms with E-state index in [1.165, 1.54) is 12.1 Å². The third-order valence-electron chi connectivity index (χ3n) is 8.71. The normalized spacial score (nSPS) is 17.6. The molecule has 238 valence electrons. The lowest BCUT2D eigenvalue weighted by Gasteiger charge is -2.43. The van der Waals surface area contributed by atoms with Crippen LogP contribution >= 0.6 is 0 Å². The number of halogens is 2. The van der Waals surface area contributed by atoms with Crippen molar-refractivity contribution in [2.24, 2.45) is 5.92 Å². The number of tetrazole rings is 1. The van der Waals surface area contributed by atoms with Crippen molar-refractivity contribution in [1.82, 2.24) is 25.5 Å². The van der Waals surface area contributed by atoms with Crippen LogP contribution in [0.3, 0.4) is 0 Å². The number of fused-ring (bicyclic) bond motifs is 1. The van der Waals surface area contributed by atoms with Crippen molar-refractivity contribution in [3.8, 4) is 11.4 Å². The largest absolute Gasteiger partial charge is 0.444 e. The van der Waals surface area contributed by atoms with Gasteiger partial charge in [-0.05, 0) is 84.5 Å². The molecule has 5 aromatic rings. The van der Waals surface area contributed by atoms with Crippen LogP contribution in [-0.2, 0) is 4.74 Å². The third kappa shape index (κ3) is 6.56. The van der Waals surface area contributed by atoms with E-state index in [1.807, 2.05) is 70.2 Å². The lowest BCUT2D eigenvalue weighted by Crippen LogP contribution is -2.48. The molecule has 8 nitrogen and oxygen atoms in total. The number of carbonyl (C=O) groups excluding carboxylic acids is 1. The SMILES string of the molecule is C[C@H](c1cccc2ccccc12)N(CC1CN(c2c(F)cc(-c3nnn[nH]3)cc2F)CCC1c1ccccc1)C(=O)OC(C)(C)C. The van der Waals surface area contributed by atoms with Gasteiger partial charge in [0.05, 0.1) is 6.04 Å². The number of H-pyrrole nitrogens is 1. The van der Waals surface area contributed by atoms with Crippen molar-refractivity contribution in [2.75, 3.05) is 24.5 Å². The van der Waals surface area contributed by atoms with Crippen molar-refractivity contribution >= 4 is 22.6 Å². The average Bonchev–Trinajstić information content (AvgIpc) is 3.58. The minimum atomic E-state index is -0.710. The number of hydrogen-bond donors (Lipinski definition) is 1. The highest BCUT2D eigenvalue weighted by Gasteiger charge is 2.37. The number of piperidine rings is 1. The fourth-order valence-electron chi connectivity index (χ4n) is 6.59. The smallest absolute Gasteiger partial charge is 0.410 e. The molecular formula is C36H38F2N6O2. The Balaban J connectivity index is 1.37. The number of aromatic nitrogens is 4. The fourth-order valence-corrected chi connectivity index (χ4v) is 6.59. The quantitative estimate of drug-likeness (QED) is 0.198. The second kappa shape index (κ2) is 12.9. The molecule has 0 bridgehead atoms. The van der Waals surface area contributed by atoms with Gasteiger partial charge < -0.3 is 14.5 Å². The maximum atomic E-state index is 15.7. The molecule has 0 aliphatic carbocycles. The molecule has 1 N–H and O–H groups in total. The van der Waals surface area contributed by atoms with E-state index < -0.39 is 23.3 Å². The van der Waals surface area contributed by atoms with Gasteiger partial charge in [0, 0.05) is 31.1 Å². The molecule has 1 saturated heterocycles. The Bertz CT molecular complexity index is 1780. The number of amides is 1. The summed E-state index contributed by atoms with van der Waals surface area (Å²) in [6.45, 7) is 8.66. The standard InChI is InChI=1S/C36H38F2N6O2/c1-23(28-16-10-14-25-13-8-9-15-30(25)28)44(35(45)46-36(2,3)4)22-27-21-43(18-17-29(27)24-11-6-5-7-12-24)33-31(37)19-26(20-32(33)38)34-39-41-42-40-34/h5-16,19-20,23,27,29H,17-18,21-22H2,1-4H3,(H,39,40,41,42)/t23-,27?,29?/m1/s1. The molecule has 2 heterocycles. The van der Waals surface area contributed by atoms with Crippen LogP contribution in [0, 0.1) is 17.6 Å². The van der Waals surface area contributed by atoms with E-state index in [2.05, 4.69) is 51.0 Å². The lowest BCUT2D eigenvalue weighted by molar-refractivity contribution is 0.0124. The highest BCUT2D eigenvalue weighted by molar-refractivity contribution is 5.86. The van der Waals surface area contributed by atoms with Crippen molar-refractivity contribution in [1.29, 1.82) is 0 Å². The zero-order valence-corrected chi connectivity index (χ0v) is 26.5. The molecule has 2 unspecified atom stereocenters. The van der Waals surface area contributed by atoms with E-state index in [0.717, 1.165) is 21.9 Å². The first-order chi connectivity index (χ1) is 22.1. The van der Waals surface area contributed by atoms with E-state index in [0.29, 0.717) is 26.1 Å². The number of ether oxygens (including phenoxy) is 1. The molecule has 1 aliphatic heterocycles. The Kier molecular flexibility index (Phi) is 8.71. The number of rotatable bonds is 7. The first-order valence-electron chi connectivity index (χ1n) is 15.6. The summed E-state index contributed by atoms with van der Waals surface area (Å²) in [7, 11) is 0. The zero-order valence-electron chi connectivity index (χ0n) is 26.5. The average molecular weight is 625 g/mol. The maximum absolute atomic E-state index is 15.7. The number of anilines is 1. The van der Waals surface area contributed by atoms with Crippen LogP contribution in [0.2, 0.25) is 0 Å². The van der Waals surface area contributed by atoms with Crippen LogP contribution in [-0.4, -0.2) is 56.9 Å². The molecule has 1 aliphatic rings. The van der Waals surface area contributed by atoms with Crippen molar-refractivity contribution in [2.45, 2.75) is 51.7 Å². The van der Waals surface area contributed by atoms with Gasteiger partial charge in [-0.25, -0.2) is 18.7 Å². The molecule has 1 fully saturated rings. The third-order valence-corrected chi connectivity index (χ3v) is 8.71. The van der Waals surface area contributed by atoms with Gasteiger partial charge in [0.2, 0.25) is 0 Å².